The van der Waals surface area contributed by atoms with Crippen LogP contribution in [0.25, 0.3) is 11.6 Å². The minimum absolute atomic E-state index is 0.0498. The van der Waals surface area contributed by atoms with E-state index >= 15 is 0 Å². The number of hydrogen-bond acceptors (Lipinski definition) is 7. The van der Waals surface area contributed by atoms with Gasteiger partial charge in [-0.25, -0.2) is 0 Å². The molecule has 0 radical (unpaired) electrons. The van der Waals surface area contributed by atoms with E-state index in [4.69, 9.17) is 9.15 Å². The van der Waals surface area contributed by atoms with Crippen LogP contribution in [0.1, 0.15) is 81.6 Å². The number of methoxy groups -OCH3 is 1. The van der Waals surface area contributed by atoms with Gasteiger partial charge >= 0.3 is 0 Å². The van der Waals surface area contributed by atoms with Crippen LogP contribution in [-0.2, 0) is 16.1 Å². The van der Waals surface area contributed by atoms with E-state index in [2.05, 4.69) is 20.7 Å². The van der Waals surface area contributed by atoms with Crippen LogP contribution in [0, 0.1) is 6.92 Å². The van der Waals surface area contributed by atoms with E-state index < -0.39 is 6.04 Å². The predicted molar refractivity (Wildman–Crippen MR) is 145 cm³/mol. The molecule has 2 amide bonds. The number of benzene rings is 1. The van der Waals surface area contributed by atoms with Gasteiger partial charge in [-0.3, -0.25) is 9.59 Å². The number of nitrogens with zero attached hydrogens (tertiary/aromatic N) is 5. The van der Waals surface area contributed by atoms with Crippen molar-refractivity contribution in [3.05, 3.63) is 47.7 Å². The molecule has 10 nitrogen and oxygen atoms in total. The maximum atomic E-state index is 14.1. The molecule has 3 aromatic rings. The molecule has 0 aliphatic heterocycles. The molecule has 0 spiro atoms. The Hall–Kier alpha value is -3.69. The summed E-state index contributed by atoms with van der Waals surface area (Å²) in [6.45, 7) is 1.73. The highest BCUT2D eigenvalue weighted by atomic mass is 16.5. The van der Waals surface area contributed by atoms with Gasteiger partial charge in [0.1, 0.15) is 24.1 Å². The molecule has 0 unspecified atom stereocenters. The second-order valence-electron chi connectivity index (χ2n) is 10.7. The lowest BCUT2D eigenvalue weighted by atomic mass is 9.90. The van der Waals surface area contributed by atoms with Gasteiger partial charge in [0.2, 0.25) is 17.6 Å². The Kier molecular flexibility index (Phi) is 8.58. The van der Waals surface area contributed by atoms with Crippen molar-refractivity contribution in [2.75, 3.05) is 7.11 Å². The molecule has 1 aromatic carbocycles. The lowest BCUT2D eigenvalue weighted by Gasteiger charge is -2.40. The van der Waals surface area contributed by atoms with Crippen molar-refractivity contribution in [3.63, 3.8) is 0 Å². The number of furan rings is 1. The van der Waals surface area contributed by atoms with Crippen LogP contribution in [0.3, 0.4) is 0 Å². The highest BCUT2D eigenvalue weighted by Crippen LogP contribution is 2.33. The van der Waals surface area contributed by atoms with Crippen LogP contribution < -0.4 is 10.1 Å². The van der Waals surface area contributed by atoms with Gasteiger partial charge in [0.15, 0.2) is 5.76 Å². The molecule has 0 saturated heterocycles. The zero-order valence-electron chi connectivity index (χ0n) is 22.8. The number of nitrogens with one attached hydrogen (secondary N) is 1. The van der Waals surface area contributed by atoms with Crippen LogP contribution in [0.4, 0.5) is 0 Å². The molecule has 2 fully saturated rings. The Morgan fingerprint density at radius 1 is 1.03 bits per heavy atom. The summed E-state index contributed by atoms with van der Waals surface area (Å²) in [5, 5.41) is 15.9. The molecule has 5 rings (SSSR count). The van der Waals surface area contributed by atoms with E-state index in [1.807, 2.05) is 37.3 Å². The SMILES string of the molecule is COc1ccc([C@H](C(=O)NC2CCCCC2)N(C(=O)Cn2nnc(-c3ccc(C)o3)n2)C2CCCCC2)cc1. The van der Waals surface area contributed by atoms with E-state index in [9.17, 15) is 9.59 Å². The summed E-state index contributed by atoms with van der Waals surface area (Å²) < 4.78 is 11.0. The highest BCUT2D eigenvalue weighted by molar-refractivity contribution is 5.89. The third-order valence-electron chi connectivity index (χ3n) is 7.86. The Bertz CT molecular complexity index is 1240. The minimum Gasteiger partial charge on any atom is -0.497 e. The summed E-state index contributed by atoms with van der Waals surface area (Å²) in [5.41, 5.74) is 0.765. The molecular formula is C29H38N6O4. The van der Waals surface area contributed by atoms with Gasteiger partial charge in [0, 0.05) is 12.1 Å². The first-order chi connectivity index (χ1) is 19.0. The van der Waals surface area contributed by atoms with Gasteiger partial charge in [0.05, 0.1) is 7.11 Å². The van der Waals surface area contributed by atoms with E-state index in [1.165, 1.54) is 11.2 Å². The van der Waals surface area contributed by atoms with E-state index in [-0.39, 0.29) is 30.4 Å². The molecule has 1 N–H and O–H groups in total. The summed E-state index contributed by atoms with van der Waals surface area (Å²) in [6, 6.07) is 10.4. The zero-order chi connectivity index (χ0) is 27.2. The molecule has 1 atom stereocenters. The summed E-state index contributed by atoms with van der Waals surface area (Å²) in [6.07, 6.45) is 10.3. The van der Waals surface area contributed by atoms with Crippen LogP contribution >= 0.6 is 0 Å². The van der Waals surface area contributed by atoms with E-state index in [1.54, 1.807) is 18.1 Å². The molecule has 0 bridgehead atoms. The smallest absolute Gasteiger partial charge is 0.247 e. The first-order valence-electron chi connectivity index (χ1n) is 14.1. The van der Waals surface area contributed by atoms with Crippen molar-refractivity contribution in [1.29, 1.82) is 0 Å². The number of aromatic nitrogens is 4. The van der Waals surface area contributed by atoms with E-state index in [0.29, 0.717) is 17.3 Å². The molecule has 208 valence electrons. The van der Waals surface area contributed by atoms with Gasteiger partial charge in [0.25, 0.3) is 0 Å². The summed E-state index contributed by atoms with van der Waals surface area (Å²) in [4.78, 5) is 31.1. The number of tetrazole rings is 1. The summed E-state index contributed by atoms with van der Waals surface area (Å²) in [7, 11) is 1.61. The number of hydrogen-bond donors (Lipinski definition) is 1. The standard InChI is InChI=1S/C29H38N6O4/c1-20-13-18-25(39-20)28-31-33-34(32-28)19-26(36)35(23-11-7-4-8-12-23)27(21-14-16-24(38-2)17-15-21)29(37)30-22-9-5-3-6-10-22/h13-18,22-23,27H,3-12,19H2,1-2H3,(H,30,37)/t27-/m1/s1. The average Bonchev–Trinajstić information content (AvgIpc) is 3.61. The lowest BCUT2D eigenvalue weighted by molar-refractivity contribution is -0.145. The lowest BCUT2D eigenvalue weighted by Crippen LogP contribution is -2.52. The van der Waals surface area contributed by atoms with Crippen LogP contribution in [0.5, 0.6) is 5.75 Å². The van der Waals surface area contributed by atoms with Gasteiger partial charge in [-0.2, -0.15) is 4.80 Å². The fourth-order valence-electron chi connectivity index (χ4n) is 5.84. The number of rotatable bonds is 9. The van der Waals surface area contributed by atoms with Crippen molar-refractivity contribution >= 4 is 11.8 Å². The highest BCUT2D eigenvalue weighted by Gasteiger charge is 2.38. The van der Waals surface area contributed by atoms with Crippen LogP contribution in [0.2, 0.25) is 0 Å². The Morgan fingerprint density at radius 2 is 1.72 bits per heavy atom. The molecule has 2 aromatic heterocycles. The number of ether oxygens (including phenoxy) is 1. The fourth-order valence-corrected chi connectivity index (χ4v) is 5.84. The molecule has 10 heteroatoms. The third-order valence-corrected chi connectivity index (χ3v) is 7.86. The number of carbonyl (C=O) groups is 2. The molecule has 2 saturated carbocycles. The Morgan fingerprint density at radius 3 is 2.36 bits per heavy atom. The quantitative estimate of drug-likeness (QED) is 0.426. The van der Waals surface area contributed by atoms with Gasteiger partial charge in [-0.1, -0.05) is 50.7 Å². The second kappa shape index (κ2) is 12.4. The number of amides is 2. The minimum atomic E-state index is -0.760. The first kappa shape index (κ1) is 26.9. The second-order valence-corrected chi connectivity index (χ2v) is 10.7. The molecule has 2 heterocycles. The third kappa shape index (κ3) is 6.49. The molecule has 2 aliphatic carbocycles. The summed E-state index contributed by atoms with van der Waals surface area (Å²) in [5.74, 6) is 1.92. The van der Waals surface area contributed by atoms with Crippen molar-refractivity contribution in [2.24, 2.45) is 0 Å². The van der Waals surface area contributed by atoms with Crippen LogP contribution in [-0.4, -0.2) is 56.1 Å². The topological polar surface area (TPSA) is 115 Å². The van der Waals surface area contributed by atoms with Crippen molar-refractivity contribution in [2.45, 2.75) is 95.8 Å². The molecule has 39 heavy (non-hydrogen) atoms. The molecular weight excluding hydrogens is 496 g/mol. The maximum absolute atomic E-state index is 14.1. The predicted octanol–water partition coefficient (Wildman–Crippen LogP) is 4.60. The van der Waals surface area contributed by atoms with Gasteiger partial charge < -0.3 is 19.4 Å². The van der Waals surface area contributed by atoms with Crippen LogP contribution in [0.15, 0.2) is 40.8 Å². The average molecular weight is 535 g/mol. The van der Waals surface area contributed by atoms with Crippen molar-refractivity contribution in [3.8, 4) is 17.3 Å². The monoisotopic (exact) mass is 534 g/mol. The first-order valence-corrected chi connectivity index (χ1v) is 14.1. The van der Waals surface area contributed by atoms with Gasteiger partial charge in [-0.15, -0.1) is 10.2 Å². The largest absolute Gasteiger partial charge is 0.497 e. The Balaban J connectivity index is 1.45. The Labute approximate surface area is 229 Å². The zero-order valence-corrected chi connectivity index (χ0v) is 22.8. The van der Waals surface area contributed by atoms with Crippen molar-refractivity contribution in [1.82, 2.24) is 30.4 Å². The van der Waals surface area contributed by atoms with Gasteiger partial charge in [-0.05, 0) is 67.6 Å². The van der Waals surface area contributed by atoms with Crippen molar-refractivity contribution < 1.29 is 18.7 Å². The number of carbonyl (C=O) groups excluding carboxylic acids is 2. The fraction of sp³-hybridized carbons (Fsp3) is 0.552. The number of aryl methyl sites for hydroxylation is 1. The van der Waals surface area contributed by atoms with E-state index in [0.717, 1.165) is 69.1 Å². The maximum Gasteiger partial charge on any atom is 0.247 e. The molecule has 2 aliphatic rings. The normalized spacial score (nSPS) is 17.5. The summed E-state index contributed by atoms with van der Waals surface area (Å²) >= 11 is 0.